The zero-order chi connectivity index (χ0) is 15.4. The third-order valence-corrected chi connectivity index (χ3v) is 3.98. The first-order valence-corrected chi connectivity index (χ1v) is 7.60. The molecular formula is C15H23N3O3. The van der Waals surface area contributed by atoms with E-state index in [0.717, 1.165) is 19.3 Å². The summed E-state index contributed by atoms with van der Waals surface area (Å²) in [5.74, 6) is 0.944. The first-order valence-electron chi connectivity index (χ1n) is 7.60. The van der Waals surface area contributed by atoms with Gasteiger partial charge in [0.2, 0.25) is 11.8 Å². The standard InChI is InChI=1S/C15H23N3O3/c1-4-18(5-2)15(20)13-10(3)21-12(17-13)9-16-14(19)11-7-6-8-11/h11H,4-9H2,1-3H3,(H,16,19). The maximum atomic E-state index is 12.3. The van der Waals surface area contributed by atoms with E-state index in [0.29, 0.717) is 30.4 Å². The van der Waals surface area contributed by atoms with Crippen LogP contribution in [0.1, 0.15) is 55.2 Å². The second-order valence-electron chi connectivity index (χ2n) is 5.34. The fourth-order valence-corrected chi connectivity index (χ4v) is 2.36. The van der Waals surface area contributed by atoms with Gasteiger partial charge in [0.05, 0.1) is 6.54 Å². The van der Waals surface area contributed by atoms with Crippen LogP contribution in [0.5, 0.6) is 0 Å². The molecule has 1 N–H and O–H groups in total. The van der Waals surface area contributed by atoms with Gasteiger partial charge in [-0.05, 0) is 33.6 Å². The molecule has 1 aromatic rings. The normalized spacial score (nSPS) is 14.6. The summed E-state index contributed by atoms with van der Waals surface area (Å²) in [6.07, 6.45) is 3.04. The Kier molecular flexibility index (Phi) is 4.98. The minimum atomic E-state index is -0.127. The number of nitrogens with zero attached hydrogens (tertiary/aromatic N) is 2. The zero-order valence-electron chi connectivity index (χ0n) is 12.9. The first-order chi connectivity index (χ1) is 10.1. The third kappa shape index (κ3) is 3.43. The second-order valence-corrected chi connectivity index (χ2v) is 5.34. The number of carbonyl (C=O) groups excluding carboxylic acids is 2. The van der Waals surface area contributed by atoms with Crippen molar-refractivity contribution in [2.75, 3.05) is 13.1 Å². The molecule has 21 heavy (non-hydrogen) atoms. The predicted octanol–water partition coefficient (Wildman–Crippen LogP) is 1.88. The highest BCUT2D eigenvalue weighted by Crippen LogP contribution is 2.26. The zero-order valence-corrected chi connectivity index (χ0v) is 12.9. The van der Waals surface area contributed by atoms with Gasteiger partial charge in [0, 0.05) is 19.0 Å². The Hall–Kier alpha value is -1.85. The van der Waals surface area contributed by atoms with Crippen molar-refractivity contribution in [1.82, 2.24) is 15.2 Å². The number of rotatable bonds is 6. The molecular weight excluding hydrogens is 270 g/mol. The van der Waals surface area contributed by atoms with Crippen LogP contribution in [0.25, 0.3) is 0 Å². The summed E-state index contributed by atoms with van der Waals surface area (Å²) in [5.41, 5.74) is 0.339. The number of aromatic nitrogens is 1. The van der Waals surface area contributed by atoms with Gasteiger partial charge in [-0.1, -0.05) is 6.42 Å². The van der Waals surface area contributed by atoms with E-state index >= 15 is 0 Å². The van der Waals surface area contributed by atoms with Gasteiger partial charge in [-0.25, -0.2) is 4.98 Å². The van der Waals surface area contributed by atoms with E-state index in [9.17, 15) is 9.59 Å². The molecule has 1 fully saturated rings. The topological polar surface area (TPSA) is 75.4 Å². The lowest BCUT2D eigenvalue weighted by atomic mass is 9.85. The molecule has 0 radical (unpaired) electrons. The Morgan fingerprint density at radius 3 is 2.52 bits per heavy atom. The minimum absolute atomic E-state index is 0.0497. The molecule has 6 heteroatoms. The molecule has 6 nitrogen and oxygen atoms in total. The average Bonchev–Trinajstić information content (AvgIpc) is 2.77. The van der Waals surface area contributed by atoms with Crippen LogP contribution < -0.4 is 5.32 Å². The van der Waals surface area contributed by atoms with E-state index in [2.05, 4.69) is 10.3 Å². The van der Waals surface area contributed by atoms with Gasteiger partial charge in [0.1, 0.15) is 5.76 Å². The smallest absolute Gasteiger partial charge is 0.276 e. The Labute approximate surface area is 124 Å². The van der Waals surface area contributed by atoms with Gasteiger partial charge in [0.15, 0.2) is 5.69 Å². The summed E-state index contributed by atoms with van der Waals surface area (Å²) < 4.78 is 5.48. The van der Waals surface area contributed by atoms with Crippen LogP contribution in [-0.2, 0) is 11.3 Å². The number of aryl methyl sites for hydroxylation is 1. The molecule has 1 aliphatic rings. The monoisotopic (exact) mass is 293 g/mol. The van der Waals surface area contributed by atoms with Gasteiger partial charge in [-0.3, -0.25) is 9.59 Å². The number of oxazole rings is 1. The molecule has 0 aromatic carbocycles. The van der Waals surface area contributed by atoms with Crippen molar-refractivity contribution in [3.05, 3.63) is 17.3 Å². The fourth-order valence-electron chi connectivity index (χ4n) is 2.36. The first kappa shape index (κ1) is 15.5. The molecule has 1 aliphatic carbocycles. The molecule has 0 atom stereocenters. The van der Waals surface area contributed by atoms with Crippen molar-refractivity contribution in [1.29, 1.82) is 0 Å². The molecule has 1 heterocycles. The van der Waals surface area contributed by atoms with Gasteiger partial charge >= 0.3 is 0 Å². The van der Waals surface area contributed by atoms with Crippen molar-refractivity contribution in [3.63, 3.8) is 0 Å². The molecule has 0 unspecified atom stereocenters. The average molecular weight is 293 g/mol. The highest BCUT2D eigenvalue weighted by atomic mass is 16.4. The SMILES string of the molecule is CCN(CC)C(=O)c1nc(CNC(=O)C2CCC2)oc1C. The predicted molar refractivity (Wildman–Crippen MR) is 77.7 cm³/mol. The lowest BCUT2D eigenvalue weighted by Crippen LogP contribution is -2.34. The van der Waals surface area contributed by atoms with Crippen molar-refractivity contribution >= 4 is 11.8 Å². The van der Waals surface area contributed by atoms with Crippen LogP contribution in [0.2, 0.25) is 0 Å². The summed E-state index contributed by atoms with van der Waals surface area (Å²) in [4.78, 5) is 30.0. The van der Waals surface area contributed by atoms with Gasteiger partial charge in [-0.2, -0.15) is 0 Å². The van der Waals surface area contributed by atoms with Crippen LogP contribution in [0.15, 0.2) is 4.42 Å². The molecule has 0 saturated heterocycles. The highest BCUT2D eigenvalue weighted by molar-refractivity contribution is 5.93. The van der Waals surface area contributed by atoms with E-state index in [1.54, 1.807) is 11.8 Å². The van der Waals surface area contributed by atoms with Crippen LogP contribution in [0.3, 0.4) is 0 Å². The number of carbonyl (C=O) groups is 2. The van der Waals surface area contributed by atoms with Crippen LogP contribution in [-0.4, -0.2) is 34.8 Å². The molecule has 1 saturated carbocycles. The van der Waals surface area contributed by atoms with Gasteiger partial charge in [0.25, 0.3) is 5.91 Å². The van der Waals surface area contributed by atoms with Crippen LogP contribution >= 0.6 is 0 Å². The van der Waals surface area contributed by atoms with E-state index in [1.165, 1.54) is 0 Å². The molecule has 2 amide bonds. The second kappa shape index (κ2) is 6.74. The molecule has 116 valence electrons. The lowest BCUT2D eigenvalue weighted by Gasteiger charge is -2.23. The maximum absolute atomic E-state index is 12.3. The molecule has 0 spiro atoms. The van der Waals surface area contributed by atoms with Crippen molar-refractivity contribution in [2.24, 2.45) is 5.92 Å². The Balaban J connectivity index is 1.98. The molecule has 0 aliphatic heterocycles. The number of hydrogen-bond acceptors (Lipinski definition) is 4. The minimum Gasteiger partial charge on any atom is -0.443 e. The number of amides is 2. The van der Waals surface area contributed by atoms with Gasteiger partial charge < -0.3 is 14.6 Å². The summed E-state index contributed by atoms with van der Waals surface area (Å²) >= 11 is 0. The van der Waals surface area contributed by atoms with Crippen LogP contribution in [0, 0.1) is 12.8 Å². The third-order valence-electron chi connectivity index (χ3n) is 3.98. The Bertz CT molecular complexity index is 516. The molecule has 2 rings (SSSR count). The van der Waals surface area contributed by atoms with Crippen molar-refractivity contribution < 1.29 is 14.0 Å². The van der Waals surface area contributed by atoms with E-state index < -0.39 is 0 Å². The van der Waals surface area contributed by atoms with Crippen LogP contribution in [0.4, 0.5) is 0 Å². The van der Waals surface area contributed by atoms with Crippen molar-refractivity contribution in [2.45, 2.75) is 46.6 Å². The van der Waals surface area contributed by atoms with E-state index in [4.69, 9.17) is 4.42 Å². The quantitative estimate of drug-likeness (QED) is 0.869. The summed E-state index contributed by atoms with van der Waals surface area (Å²) in [7, 11) is 0. The summed E-state index contributed by atoms with van der Waals surface area (Å²) in [5, 5.41) is 2.82. The van der Waals surface area contributed by atoms with Crippen molar-refractivity contribution in [3.8, 4) is 0 Å². The van der Waals surface area contributed by atoms with Gasteiger partial charge in [-0.15, -0.1) is 0 Å². The Morgan fingerprint density at radius 2 is 2.00 bits per heavy atom. The lowest BCUT2D eigenvalue weighted by molar-refractivity contribution is -0.127. The Morgan fingerprint density at radius 1 is 1.33 bits per heavy atom. The van der Waals surface area contributed by atoms with E-state index in [-0.39, 0.29) is 24.3 Å². The summed E-state index contributed by atoms with van der Waals surface area (Å²) in [6, 6.07) is 0. The highest BCUT2D eigenvalue weighted by Gasteiger charge is 2.26. The maximum Gasteiger partial charge on any atom is 0.276 e. The van der Waals surface area contributed by atoms with E-state index in [1.807, 2.05) is 13.8 Å². The largest absolute Gasteiger partial charge is 0.443 e. The number of nitrogens with one attached hydrogen (secondary N) is 1. The number of hydrogen-bond donors (Lipinski definition) is 1. The molecule has 1 aromatic heterocycles. The molecule has 0 bridgehead atoms. The summed E-state index contributed by atoms with van der Waals surface area (Å²) in [6.45, 7) is 7.08. The fraction of sp³-hybridized carbons (Fsp3) is 0.667.